The van der Waals surface area contributed by atoms with E-state index in [1.165, 1.54) is 0 Å². The van der Waals surface area contributed by atoms with Crippen LogP contribution in [0.1, 0.15) is 18.4 Å². The van der Waals surface area contributed by atoms with Crippen molar-refractivity contribution in [3.63, 3.8) is 0 Å². The van der Waals surface area contributed by atoms with Crippen LogP contribution in [0.5, 0.6) is 11.5 Å². The van der Waals surface area contributed by atoms with Crippen molar-refractivity contribution in [3.05, 3.63) is 23.8 Å². The van der Waals surface area contributed by atoms with Crippen LogP contribution in [0.25, 0.3) is 0 Å². The van der Waals surface area contributed by atoms with Gasteiger partial charge < -0.3 is 20.1 Å². The summed E-state index contributed by atoms with van der Waals surface area (Å²) < 4.78 is 11.0. The van der Waals surface area contributed by atoms with E-state index >= 15 is 0 Å². The molecule has 21 heavy (non-hydrogen) atoms. The summed E-state index contributed by atoms with van der Waals surface area (Å²) in [4.78, 5) is 14.6. The van der Waals surface area contributed by atoms with E-state index in [-0.39, 0.29) is 17.9 Å². The van der Waals surface area contributed by atoms with E-state index < -0.39 is 0 Å². The Morgan fingerprint density at radius 2 is 2.38 bits per heavy atom. The first kappa shape index (κ1) is 14.2. The highest BCUT2D eigenvalue weighted by molar-refractivity contribution is 5.80. The second-order valence-corrected chi connectivity index (χ2v) is 5.75. The summed E-state index contributed by atoms with van der Waals surface area (Å²) in [5.41, 5.74) is 6.81. The molecule has 1 fully saturated rings. The average molecular weight is 290 g/mol. The van der Waals surface area contributed by atoms with Crippen molar-refractivity contribution in [2.45, 2.75) is 25.3 Å². The molecule has 0 aliphatic carbocycles. The number of benzene rings is 1. The van der Waals surface area contributed by atoms with Crippen LogP contribution in [-0.2, 0) is 11.2 Å². The molecule has 5 nitrogen and oxygen atoms in total. The second-order valence-electron chi connectivity index (χ2n) is 5.75. The Hall–Kier alpha value is -1.75. The number of nitrogens with two attached hydrogens (primary N) is 1. The number of methoxy groups -OCH3 is 1. The zero-order valence-electron chi connectivity index (χ0n) is 12.4. The molecule has 0 radical (unpaired) electrons. The minimum Gasteiger partial charge on any atom is -0.497 e. The van der Waals surface area contributed by atoms with E-state index in [1.54, 1.807) is 7.11 Å². The van der Waals surface area contributed by atoms with Crippen LogP contribution in [0.4, 0.5) is 0 Å². The molecule has 1 aromatic rings. The minimum absolute atomic E-state index is 0.114. The molecule has 0 saturated carbocycles. The third kappa shape index (κ3) is 2.70. The molecule has 114 valence electrons. The van der Waals surface area contributed by atoms with Crippen LogP contribution in [0.3, 0.4) is 0 Å². The molecule has 2 aliphatic heterocycles. The van der Waals surface area contributed by atoms with E-state index in [0.717, 1.165) is 36.4 Å². The Morgan fingerprint density at radius 3 is 3.14 bits per heavy atom. The number of nitrogens with zero attached hydrogens (tertiary/aromatic N) is 1. The second kappa shape index (κ2) is 5.93. The fraction of sp³-hybridized carbons (Fsp3) is 0.562. The molecular weight excluding hydrogens is 268 g/mol. The van der Waals surface area contributed by atoms with Gasteiger partial charge in [0.25, 0.3) is 0 Å². The van der Waals surface area contributed by atoms with Gasteiger partial charge in [-0.15, -0.1) is 0 Å². The number of rotatable bonds is 3. The van der Waals surface area contributed by atoms with Crippen molar-refractivity contribution in [1.82, 2.24) is 4.90 Å². The summed E-state index contributed by atoms with van der Waals surface area (Å²) in [7, 11) is 1.64. The summed E-state index contributed by atoms with van der Waals surface area (Å²) in [6.45, 7) is 1.82. The Balaban J connectivity index is 1.74. The number of carbonyl (C=O) groups excluding carboxylic acids is 1. The van der Waals surface area contributed by atoms with Gasteiger partial charge >= 0.3 is 0 Å². The van der Waals surface area contributed by atoms with Crippen LogP contribution >= 0.6 is 0 Å². The molecule has 3 rings (SSSR count). The number of hydrogen-bond acceptors (Lipinski definition) is 4. The van der Waals surface area contributed by atoms with Gasteiger partial charge in [0, 0.05) is 19.1 Å². The molecule has 0 bridgehead atoms. The van der Waals surface area contributed by atoms with Crippen molar-refractivity contribution in [1.29, 1.82) is 0 Å². The highest BCUT2D eigenvalue weighted by atomic mass is 16.5. The first-order valence-electron chi connectivity index (χ1n) is 7.53. The normalized spacial score (nSPS) is 24.4. The van der Waals surface area contributed by atoms with Crippen LogP contribution in [0.2, 0.25) is 0 Å². The van der Waals surface area contributed by atoms with Gasteiger partial charge in [0.15, 0.2) is 0 Å². The highest BCUT2D eigenvalue weighted by Crippen LogP contribution is 2.32. The van der Waals surface area contributed by atoms with Crippen LogP contribution in [-0.4, -0.2) is 43.7 Å². The number of carbonyl (C=O) groups is 1. The summed E-state index contributed by atoms with van der Waals surface area (Å²) in [5, 5.41) is 0. The van der Waals surface area contributed by atoms with Gasteiger partial charge in [0.1, 0.15) is 18.1 Å². The Bertz CT molecular complexity index is 532. The lowest BCUT2D eigenvalue weighted by Crippen LogP contribution is -2.45. The summed E-state index contributed by atoms with van der Waals surface area (Å²) >= 11 is 0. The SMILES string of the molecule is COc1ccc2c(c1)CC(C(=O)N1CCCC1CN)CO2. The predicted molar refractivity (Wildman–Crippen MR) is 79.5 cm³/mol. The molecule has 1 amide bonds. The van der Waals surface area contributed by atoms with Crippen molar-refractivity contribution < 1.29 is 14.3 Å². The van der Waals surface area contributed by atoms with Gasteiger partial charge in [-0.05, 0) is 43.0 Å². The van der Waals surface area contributed by atoms with Crippen molar-refractivity contribution >= 4 is 5.91 Å². The first-order valence-corrected chi connectivity index (χ1v) is 7.53. The molecule has 2 aliphatic rings. The van der Waals surface area contributed by atoms with Crippen molar-refractivity contribution in [3.8, 4) is 11.5 Å². The Kier molecular flexibility index (Phi) is 4.01. The summed E-state index contributed by atoms with van der Waals surface area (Å²) in [6.07, 6.45) is 2.77. The zero-order valence-corrected chi connectivity index (χ0v) is 12.4. The van der Waals surface area contributed by atoms with Gasteiger partial charge in [-0.3, -0.25) is 4.79 Å². The number of amides is 1. The first-order chi connectivity index (χ1) is 10.2. The average Bonchev–Trinajstić information content (AvgIpc) is 3.01. The van der Waals surface area contributed by atoms with Gasteiger partial charge in [-0.1, -0.05) is 0 Å². The Morgan fingerprint density at radius 1 is 1.52 bits per heavy atom. The fourth-order valence-electron chi connectivity index (χ4n) is 3.26. The molecule has 0 spiro atoms. The van der Waals surface area contributed by atoms with Gasteiger partial charge in [-0.2, -0.15) is 0 Å². The van der Waals surface area contributed by atoms with E-state index in [9.17, 15) is 4.79 Å². The molecular formula is C16H22N2O3. The largest absolute Gasteiger partial charge is 0.497 e. The van der Waals surface area contributed by atoms with Gasteiger partial charge in [0.05, 0.1) is 13.0 Å². The van der Waals surface area contributed by atoms with Gasteiger partial charge in [0.2, 0.25) is 5.91 Å². The number of likely N-dealkylation sites (tertiary alicyclic amines) is 1. The van der Waals surface area contributed by atoms with E-state index in [4.69, 9.17) is 15.2 Å². The standard InChI is InChI=1S/C16H22N2O3/c1-20-14-4-5-15-11(8-14)7-12(10-21-15)16(19)18-6-2-3-13(18)9-17/h4-5,8,12-13H,2-3,6-7,9-10,17H2,1H3. The maximum absolute atomic E-state index is 12.7. The fourth-order valence-corrected chi connectivity index (χ4v) is 3.26. The van der Waals surface area contributed by atoms with Crippen molar-refractivity contribution in [2.24, 2.45) is 11.7 Å². The maximum atomic E-state index is 12.7. The molecule has 2 heterocycles. The third-order valence-corrected chi connectivity index (χ3v) is 4.46. The van der Waals surface area contributed by atoms with Crippen molar-refractivity contribution in [2.75, 3.05) is 26.8 Å². The highest BCUT2D eigenvalue weighted by Gasteiger charge is 2.34. The Labute approximate surface area is 125 Å². The smallest absolute Gasteiger partial charge is 0.229 e. The zero-order chi connectivity index (χ0) is 14.8. The quantitative estimate of drug-likeness (QED) is 0.908. The molecule has 1 saturated heterocycles. The van der Waals surface area contributed by atoms with E-state index in [0.29, 0.717) is 19.6 Å². The summed E-state index contributed by atoms with van der Waals surface area (Å²) in [5.74, 6) is 1.72. The topological polar surface area (TPSA) is 64.8 Å². The monoisotopic (exact) mass is 290 g/mol. The molecule has 1 aromatic carbocycles. The lowest BCUT2D eigenvalue weighted by molar-refractivity contribution is -0.137. The van der Waals surface area contributed by atoms with Crippen LogP contribution < -0.4 is 15.2 Å². The van der Waals surface area contributed by atoms with Crippen LogP contribution in [0.15, 0.2) is 18.2 Å². The number of fused-ring (bicyclic) bond motifs is 1. The molecule has 0 aromatic heterocycles. The molecule has 2 atom stereocenters. The minimum atomic E-state index is -0.114. The molecule has 2 N–H and O–H groups in total. The van der Waals surface area contributed by atoms with E-state index in [2.05, 4.69) is 0 Å². The number of ether oxygens (including phenoxy) is 2. The number of hydrogen-bond donors (Lipinski definition) is 1. The molecule has 5 heteroatoms. The lowest BCUT2D eigenvalue weighted by atomic mass is 9.95. The van der Waals surface area contributed by atoms with Crippen LogP contribution in [0, 0.1) is 5.92 Å². The summed E-state index contributed by atoms with van der Waals surface area (Å²) in [6, 6.07) is 5.95. The third-order valence-electron chi connectivity index (χ3n) is 4.46. The lowest BCUT2D eigenvalue weighted by Gasteiger charge is -2.31. The van der Waals surface area contributed by atoms with E-state index in [1.807, 2.05) is 23.1 Å². The predicted octanol–water partition coefficient (Wildman–Crippen LogP) is 1.20. The molecule has 2 unspecified atom stereocenters. The maximum Gasteiger partial charge on any atom is 0.229 e. The van der Waals surface area contributed by atoms with Gasteiger partial charge in [-0.25, -0.2) is 0 Å².